The zero-order valence-corrected chi connectivity index (χ0v) is 17.3. The van der Waals surface area contributed by atoms with Crippen molar-refractivity contribution in [1.82, 2.24) is 0 Å². The summed E-state index contributed by atoms with van der Waals surface area (Å²) in [5.74, 6) is -0.677. The van der Waals surface area contributed by atoms with Crippen molar-refractivity contribution in [3.05, 3.63) is 35.6 Å². The highest BCUT2D eigenvalue weighted by atomic mass is 19.1. The summed E-state index contributed by atoms with van der Waals surface area (Å²) in [7, 11) is 0. The van der Waals surface area contributed by atoms with Crippen molar-refractivity contribution in [3.8, 4) is 6.07 Å². The minimum absolute atomic E-state index is 0.0271. The molecule has 4 heteroatoms. The van der Waals surface area contributed by atoms with Gasteiger partial charge < -0.3 is 4.74 Å². The third-order valence-electron chi connectivity index (χ3n) is 5.29. The fourth-order valence-electron chi connectivity index (χ4n) is 4.07. The molecule has 3 atom stereocenters. The fraction of sp³-hybridized carbons (Fsp3) is 0.652. The number of halogens is 1. The van der Waals surface area contributed by atoms with Crippen LogP contribution in [-0.2, 0) is 14.9 Å². The normalized spacial score (nSPS) is 15.4. The first-order valence-electron chi connectivity index (χ1n) is 10.3. The number of benzene rings is 1. The number of unbranched alkanes of at least 4 members (excludes halogenated alkanes) is 1. The summed E-state index contributed by atoms with van der Waals surface area (Å²) in [6.07, 6.45) is 6.13. The second-order valence-electron chi connectivity index (χ2n) is 7.42. The van der Waals surface area contributed by atoms with E-state index >= 15 is 0 Å². The average Bonchev–Trinajstić information content (AvgIpc) is 2.63. The van der Waals surface area contributed by atoms with E-state index in [-0.39, 0.29) is 23.8 Å². The number of nitriles is 1. The molecule has 1 aromatic carbocycles. The Kier molecular flexibility index (Phi) is 10.1. The third-order valence-corrected chi connectivity index (χ3v) is 5.29. The first-order valence-corrected chi connectivity index (χ1v) is 10.3. The van der Waals surface area contributed by atoms with Crippen molar-refractivity contribution in [2.75, 3.05) is 0 Å². The quantitative estimate of drug-likeness (QED) is 0.402. The fourth-order valence-corrected chi connectivity index (χ4v) is 4.07. The molecule has 0 heterocycles. The van der Waals surface area contributed by atoms with Gasteiger partial charge in [-0.3, -0.25) is 4.79 Å². The van der Waals surface area contributed by atoms with Crippen LogP contribution in [0.3, 0.4) is 0 Å². The average molecular weight is 376 g/mol. The van der Waals surface area contributed by atoms with E-state index in [1.165, 1.54) is 13.0 Å². The van der Waals surface area contributed by atoms with Gasteiger partial charge in [0.15, 0.2) is 0 Å². The van der Waals surface area contributed by atoms with E-state index in [4.69, 9.17) is 4.74 Å². The van der Waals surface area contributed by atoms with Gasteiger partial charge in [0.25, 0.3) is 0 Å². The van der Waals surface area contributed by atoms with Gasteiger partial charge in [-0.15, -0.1) is 0 Å². The predicted octanol–water partition coefficient (Wildman–Crippen LogP) is 6.32. The number of hydrogen-bond acceptors (Lipinski definition) is 3. The second-order valence-corrected chi connectivity index (χ2v) is 7.42. The summed E-state index contributed by atoms with van der Waals surface area (Å²) in [5, 5.41) is 10.3. The Morgan fingerprint density at radius 3 is 2.33 bits per heavy atom. The van der Waals surface area contributed by atoms with E-state index < -0.39 is 5.41 Å². The highest BCUT2D eigenvalue weighted by Gasteiger charge is 2.44. The van der Waals surface area contributed by atoms with E-state index in [0.29, 0.717) is 18.4 Å². The van der Waals surface area contributed by atoms with Crippen LogP contribution in [-0.4, -0.2) is 12.1 Å². The summed E-state index contributed by atoms with van der Waals surface area (Å²) in [6, 6.07) is 9.08. The Labute approximate surface area is 163 Å². The largest absolute Gasteiger partial charge is 0.462 e. The number of nitrogens with zero attached hydrogens (tertiary/aromatic N) is 1. The number of carbonyl (C=O) groups excluding carboxylic acids is 1. The lowest BCUT2D eigenvalue weighted by atomic mass is 9.64. The number of carbonyl (C=O) groups is 1. The van der Waals surface area contributed by atoms with E-state index in [1.54, 1.807) is 18.2 Å². The van der Waals surface area contributed by atoms with Gasteiger partial charge in [-0.1, -0.05) is 64.7 Å². The molecule has 0 bridgehead atoms. The molecule has 0 aromatic heterocycles. The molecule has 27 heavy (non-hydrogen) atoms. The first kappa shape index (κ1) is 23.1. The monoisotopic (exact) mass is 375 g/mol. The van der Waals surface area contributed by atoms with E-state index in [2.05, 4.69) is 19.9 Å². The van der Waals surface area contributed by atoms with Crippen molar-refractivity contribution in [2.24, 2.45) is 5.92 Å². The highest BCUT2D eigenvalue weighted by Crippen LogP contribution is 2.43. The molecule has 3 unspecified atom stereocenters. The molecule has 0 saturated carbocycles. The van der Waals surface area contributed by atoms with Crippen molar-refractivity contribution in [1.29, 1.82) is 5.26 Å². The van der Waals surface area contributed by atoms with Crippen molar-refractivity contribution < 1.29 is 13.9 Å². The van der Waals surface area contributed by atoms with E-state index in [9.17, 15) is 14.4 Å². The molecule has 0 aliphatic heterocycles. The SMILES string of the molecule is CCCCC(CCC)C(C#N)(CC(CCC)OC(C)=O)c1ccccc1F. The van der Waals surface area contributed by atoms with Crippen LogP contribution in [0.1, 0.15) is 84.6 Å². The molecule has 3 nitrogen and oxygen atoms in total. The summed E-state index contributed by atoms with van der Waals surface area (Å²) in [5.41, 5.74) is -0.554. The second kappa shape index (κ2) is 11.7. The minimum Gasteiger partial charge on any atom is -0.462 e. The maximum absolute atomic E-state index is 14.8. The van der Waals surface area contributed by atoms with Gasteiger partial charge in [-0.05, 0) is 31.2 Å². The smallest absolute Gasteiger partial charge is 0.302 e. The third kappa shape index (κ3) is 6.34. The summed E-state index contributed by atoms with van der Waals surface area (Å²) < 4.78 is 20.4. The van der Waals surface area contributed by atoms with E-state index in [1.807, 2.05) is 6.92 Å². The topological polar surface area (TPSA) is 50.1 Å². The zero-order valence-electron chi connectivity index (χ0n) is 17.3. The Bertz CT molecular complexity index is 625. The molecular weight excluding hydrogens is 341 g/mol. The van der Waals surface area contributed by atoms with Gasteiger partial charge in [0.05, 0.1) is 11.5 Å². The number of rotatable bonds is 12. The highest BCUT2D eigenvalue weighted by molar-refractivity contribution is 5.66. The minimum atomic E-state index is -0.994. The molecule has 1 aromatic rings. The van der Waals surface area contributed by atoms with Crippen molar-refractivity contribution in [3.63, 3.8) is 0 Å². The Hall–Kier alpha value is -1.89. The van der Waals surface area contributed by atoms with Gasteiger partial charge in [-0.2, -0.15) is 5.26 Å². The van der Waals surface area contributed by atoms with Gasteiger partial charge in [0.2, 0.25) is 0 Å². The number of esters is 1. The standard InChI is InChI=1S/C23H34FNO2/c1-5-8-13-19(11-6-2)23(17-25,21-14-9-10-15-22(21)24)16-20(12-7-3)27-18(4)26/h9-10,14-15,19-20H,5-8,11-13,16H2,1-4H3. The molecule has 0 spiro atoms. The van der Waals surface area contributed by atoms with Crippen molar-refractivity contribution >= 4 is 5.97 Å². The van der Waals surface area contributed by atoms with Crippen LogP contribution in [0.25, 0.3) is 0 Å². The number of hydrogen-bond donors (Lipinski definition) is 0. The van der Waals surface area contributed by atoms with Crippen LogP contribution in [0.15, 0.2) is 24.3 Å². The maximum Gasteiger partial charge on any atom is 0.302 e. The lowest BCUT2D eigenvalue weighted by molar-refractivity contribution is -0.147. The van der Waals surface area contributed by atoms with Gasteiger partial charge >= 0.3 is 5.97 Å². The van der Waals surface area contributed by atoms with Gasteiger partial charge in [0, 0.05) is 18.9 Å². The molecule has 0 radical (unpaired) electrons. The number of ether oxygens (including phenoxy) is 1. The summed E-state index contributed by atoms with van der Waals surface area (Å²) >= 11 is 0. The molecule has 150 valence electrons. The van der Waals surface area contributed by atoms with Gasteiger partial charge in [-0.25, -0.2) is 4.39 Å². The Morgan fingerprint density at radius 2 is 1.81 bits per heavy atom. The molecule has 0 aliphatic carbocycles. The molecule has 1 rings (SSSR count). The van der Waals surface area contributed by atoms with Crippen molar-refractivity contribution in [2.45, 2.75) is 90.6 Å². The molecule has 0 N–H and O–H groups in total. The molecule has 0 amide bonds. The van der Waals surface area contributed by atoms with Crippen LogP contribution in [0.4, 0.5) is 4.39 Å². The summed E-state index contributed by atoms with van der Waals surface area (Å²) in [6.45, 7) is 7.63. The molecule has 0 aliphatic rings. The zero-order chi connectivity index (χ0) is 20.3. The Morgan fingerprint density at radius 1 is 1.15 bits per heavy atom. The van der Waals surface area contributed by atoms with E-state index in [0.717, 1.165) is 38.5 Å². The lowest BCUT2D eigenvalue weighted by Gasteiger charge is -2.38. The van der Waals surface area contributed by atoms with Crippen LogP contribution >= 0.6 is 0 Å². The Balaban J connectivity index is 3.45. The maximum atomic E-state index is 14.8. The van der Waals surface area contributed by atoms with Gasteiger partial charge in [0.1, 0.15) is 11.9 Å². The summed E-state index contributed by atoms with van der Waals surface area (Å²) in [4.78, 5) is 11.6. The molecular formula is C23H34FNO2. The van der Waals surface area contributed by atoms with Crippen LogP contribution < -0.4 is 0 Å². The van der Waals surface area contributed by atoms with Crippen LogP contribution in [0.5, 0.6) is 0 Å². The molecule has 0 fully saturated rings. The first-order chi connectivity index (χ1) is 12.9. The predicted molar refractivity (Wildman–Crippen MR) is 107 cm³/mol. The lowest BCUT2D eigenvalue weighted by Crippen LogP contribution is -2.39. The molecule has 0 saturated heterocycles. The van der Waals surface area contributed by atoms with Crippen LogP contribution in [0, 0.1) is 23.1 Å². The van der Waals surface area contributed by atoms with Crippen LogP contribution in [0.2, 0.25) is 0 Å².